The van der Waals surface area contributed by atoms with E-state index in [9.17, 15) is 4.39 Å². The summed E-state index contributed by atoms with van der Waals surface area (Å²) in [7, 11) is 0. The molecule has 27 heavy (non-hydrogen) atoms. The van der Waals surface area contributed by atoms with E-state index in [1.165, 1.54) is 17.2 Å². The van der Waals surface area contributed by atoms with Crippen molar-refractivity contribution in [2.75, 3.05) is 0 Å². The SMILES string of the molecule is Cc1ccc(-c2nc(-c3c(F)cccc3Cl)[nH]c2-c2ccccc2)cc1C. The van der Waals surface area contributed by atoms with Crippen molar-refractivity contribution in [1.82, 2.24) is 9.97 Å². The van der Waals surface area contributed by atoms with Crippen molar-refractivity contribution in [3.8, 4) is 33.9 Å². The lowest BCUT2D eigenvalue weighted by Crippen LogP contribution is -1.88. The third-order valence-electron chi connectivity index (χ3n) is 4.75. The van der Waals surface area contributed by atoms with Gasteiger partial charge in [-0.3, -0.25) is 0 Å². The number of aryl methyl sites for hydroxylation is 2. The van der Waals surface area contributed by atoms with Crippen molar-refractivity contribution in [1.29, 1.82) is 0 Å². The molecule has 0 saturated heterocycles. The van der Waals surface area contributed by atoms with E-state index in [2.05, 4.69) is 31.0 Å². The minimum Gasteiger partial charge on any atom is -0.337 e. The van der Waals surface area contributed by atoms with Gasteiger partial charge in [0, 0.05) is 11.1 Å². The molecule has 4 aromatic rings. The van der Waals surface area contributed by atoms with Crippen molar-refractivity contribution >= 4 is 11.6 Å². The lowest BCUT2D eigenvalue weighted by atomic mass is 10.0. The molecule has 0 spiro atoms. The second-order valence-electron chi connectivity index (χ2n) is 6.57. The zero-order valence-electron chi connectivity index (χ0n) is 15.1. The Kier molecular flexibility index (Phi) is 4.54. The molecule has 0 atom stereocenters. The molecule has 4 heteroatoms. The molecule has 0 aliphatic carbocycles. The molecule has 0 aliphatic rings. The topological polar surface area (TPSA) is 28.7 Å². The minimum atomic E-state index is -0.400. The first-order chi connectivity index (χ1) is 13.0. The zero-order chi connectivity index (χ0) is 19.0. The average Bonchev–Trinajstić information content (AvgIpc) is 3.09. The first-order valence-corrected chi connectivity index (χ1v) is 9.10. The molecule has 0 radical (unpaired) electrons. The van der Waals surface area contributed by atoms with E-state index >= 15 is 0 Å². The first kappa shape index (κ1) is 17.5. The second-order valence-corrected chi connectivity index (χ2v) is 6.98. The van der Waals surface area contributed by atoms with E-state index in [1.807, 2.05) is 36.4 Å². The second kappa shape index (κ2) is 7.01. The Morgan fingerprint density at radius 1 is 0.852 bits per heavy atom. The van der Waals surface area contributed by atoms with Crippen LogP contribution in [0.15, 0.2) is 66.7 Å². The van der Waals surface area contributed by atoms with Crippen LogP contribution in [0.2, 0.25) is 5.02 Å². The predicted molar refractivity (Wildman–Crippen MR) is 109 cm³/mol. The van der Waals surface area contributed by atoms with Gasteiger partial charge in [-0.1, -0.05) is 60.1 Å². The lowest BCUT2D eigenvalue weighted by molar-refractivity contribution is 0.630. The van der Waals surface area contributed by atoms with Gasteiger partial charge in [0.05, 0.1) is 22.0 Å². The standard InChI is InChI=1S/C23H18ClFN2/c1-14-11-12-17(13-15(14)2)22-21(16-7-4-3-5-8-16)26-23(27-22)20-18(24)9-6-10-19(20)25/h3-13H,1-2H3,(H,26,27). The van der Waals surface area contributed by atoms with Crippen LogP contribution in [-0.2, 0) is 0 Å². The zero-order valence-corrected chi connectivity index (χ0v) is 15.8. The number of hydrogen-bond acceptors (Lipinski definition) is 1. The molecule has 134 valence electrons. The summed E-state index contributed by atoms with van der Waals surface area (Å²) in [4.78, 5) is 8.03. The molecule has 0 fully saturated rings. The van der Waals surface area contributed by atoms with Gasteiger partial charge in [-0.25, -0.2) is 9.37 Å². The smallest absolute Gasteiger partial charge is 0.143 e. The van der Waals surface area contributed by atoms with Crippen LogP contribution in [-0.4, -0.2) is 9.97 Å². The predicted octanol–water partition coefficient (Wildman–Crippen LogP) is 6.82. The van der Waals surface area contributed by atoms with Crippen LogP contribution >= 0.6 is 11.6 Å². The van der Waals surface area contributed by atoms with E-state index < -0.39 is 5.82 Å². The van der Waals surface area contributed by atoms with Gasteiger partial charge < -0.3 is 4.98 Å². The Morgan fingerprint density at radius 3 is 2.33 bits per heavy atom. The molecule has 4 rings (SSSR count). The summed E-state index contributed by atoms with van der Waals surface area (Å²) < 4.78 is 14.5. The number of imidazole rings is 1. The Hall–Kier alpha value is -2.91. The third kappa shape index (κ3) is 3.26. The van der Waals surface area contributed by atoms with Gasteiger partial charge in [0.25, 0.3) is 0 Å². The monoisotopic (exact) mass is 376 g/mol. The highest BCUT2D eigenvalue weighted by Crippen LogP contribution is 2.36. The summed E-state index contributed by atoms with van der Waals surface area (Å²) in [6.07, 6.45) is 0. The molecule has 0 unspecified atom stereocenters. The van der Waals surface area contributed by atoms with Crippen molar-refractivity contribution < 1.29 is 4.39 Å². The van der Waals surface area contributed by atoms with E-state index in [-0.39, 0.29) is 5.56 Å². The maximum Gasteiger partial charge on any atom is 0.143 e. The van der Waals surface area contributed by atoms with Crippen LogP contribution < -0.4 is 0 Å². The maximum absolute atomic E-state index is 14.5. The molecular formula is C23H18ClFN2. The third-order valence-corrected chi connectivity index (χ3v) is 5.06. The van der Waals surface area contributed by atoms with Crippen LogP contribution in [0, 0.1) is 19.7 Å². The van der Waals surface area contributed by atoms with Gasteiger partial charge in [-0.15, -0.1) is 0 Å². The molecule has 0 bridgehead atoms. The molecule has 0 saturated carbocycles. The van der Waals surface area contributed by atoms with Crippen molar-refractivity contribution in [3.05, 3.63) is 88.7 Å². The van der Waals surface area contributed by atoms with Gasteiger partial charge in [-0.2, -0.15) is 0 Å². The fourth-order valence-corrected chi connectivity index (χ4v) is 3.38. The summed E-state index contributed by atoms with van der Waals surface area (Å²) in [5.41, 5.74) is 6.26. The maximum atomic E-state index is 14.5. The number of hydrogen-bond donors (Lipinski definition) is 1. The quantitative estimate of drug-likeness (QED) is 0.417. The van der Waals surface area contributed by atoms with E-state index in [0.717, 1.165) is 22.5 Å². The molecule has 3 aromatic carbocycles. The Labute approximate surface area is 162 Å². The summed E-state index contributed by atoms with van der Waals surface area (Å²) in [5, 5.41) is 0.329. The number of benzene rings is 3. The number of nitrogens with one attached hydrogen (secondary N) is 1. The number of aromatic nitrogens is 2. The fourth-order valence-electron chi connectivity index (χ4n) is 3.13. The van der Waals surface area contributed by atoms with Crippen LogP contribution in [0.5, 0.6) is 0 Å². The highest BCUT2D eigenvalue weighted by atomic mass is 35.5. The molecule has 1 heterocycles. The van der Waals surface area contributed by atoms with Gasteiger partial charge >= 0.3 is 0 Å². The van der Waals surface area contributed by atoms with E-state index in [1.54, 1.807) is 12.1 Å². The highest BCUT2D eigenvalue weighted by molar-refractivity contribution is 6.33. The normalized spacial score (nSPS) is 11.0. The average molecular weight is 377 g/mol. The van der Waals surface area contributed by atoms with Crippen LogP contribution in [0.25, 0.3) is 33.9 Å². The number of nitrogens with zero attached hydrogens (tertiary/aromatic N) is 1. The summed E-state index contributed by atoms with van der Waals surface area (Å²) in [6.45, 7) is 4.15. The molecule has 2 nitrogen and oxygen atoms in total. The minimum absolute atomic E-state index is 0.284. The number of halogens is 2. The summed E-state index contributed by atoms with van der Waals surface area (Å²) in [5.74, 6) is 0.0210. The largest absolute Gasteiger partial charge is 0.337 e. The summed E-state index contributed by atoms with van der Waals surface area (Å²) in [6, 6.07) is 20.8. The number of aromatic amines is 1. The molecule has 0 aliphatic heterocycles. The van der Waals surface area contributed by atoms with Gasteiger partial charge in [0.15, 0.2) is 0 Å². The molecular weight excluding hydrogens is 359 g/mol. The van der Waals surface area contributed by atoms with Crippen LogP contribution in [0.4, 0.5) is 4.39 Å². The Morgan fingerprint density at radius 2 is 1.63 bits per heavy atom. The van der Waals surface area contributed by atoms with Crippen molar-refractivity contribution in [2.24, 2.45) is 0 Å². The van der Waals surface area contributed by atoms with Crippen LogP contribution in [0.3, 0.4) is 0 Å². The highest BCUT2D eigenvalue weighted by Gasteiger charge is 2.19. The lowest BCUT2D eigenvalue weighted by Gasteiger charge is -2.06. The Balaban J connectivity index is 1.97. The molecule has 0 amide bonds. The number of rotatable bonds is 3. The van der Waals surface area contributed by atoms with Gasteiger partial charge in [-0.05, 0) is 43.2 Å². The van der Waals surface area contributed by atoms with Gasteiger partial charge in [0.2, 0.25) is 0 Å². The van der Waals surface area contributed by atoms with E-state index in [0.29, 0.717) is 10.8 Å². The van der Waals surface area contributed by atoms with Gasteiger partial charge in [0.1, 0.15) is 11.6 Å². The van der Waals surface area contributed by atoms with Crippen LogP contribution in [0.1, 0.15) is 11.1 Å². The Bertz CT molecular complexity index is 1100. The molecule has 1 aromatic heterocycles. The first-order valence-electron chi connectivity index (χ1n) is 8.72. The summed E-state index contributed by atoms with van der Waals surface area (Å²) >= 11 is 6.26. The van der Waals surface area contributed by atoms with E-state index in [4.69, 9.17) is 16.6 Å². The number of H-pyrrole nitrogens is 1. The van der Waals surface area contributed by atoms with Crippen molar-refractivity contribution in [3.63, 3.8) is 0 Å². The molecule has 1 N–H and O–H groups in total. The fraction of sp³-hybridized carbons (Fsp3) is 0.0870. The van der Waals surface area contributed by atoms with Crippen molar-refractivity contribution in [2.45, 2.75) is 13.8 Å².